The monoisotopic (exact) mass is 488 g/mol. The molecule has 2 aromatic heterocycles. The third kappa shape index (κ3) is 4.51. The van der Waals surface area contributed by atoms with Crippen molar-refractivity contribution in [2.75, 3.05) is 13.1 Å². The number of hydrogen-bond donors (Lipinski definition) is 1. The van der Waals surface area contributed by atoms with Crippen molar-refractivity contribution in [3.63, 3.8) is 0 Å². The summed E-state index contributed by atoms with van der Waals surface area (Å²) in [4.78, 5) is 35.4. The van der Waals surface area contributed by atoms with Crippen LogP contribution in [0.2, 0.25) is 10.0 Å². The van der Waals surface area contributed by atoms with Gasteiger partial charge in [-0.1, -0.05) is 53.7 Å². The van der Waals surface area contributed by atoms with Crippen molar-refractivity contribution in [1.82, 2.24) is 29.9 Å². The van der Waals surface area contributed by atoms with E-state index in [0.29, 0.717) is 33.6 Å². The maximum absolute atomic E-state index is 13.1. The van der Waals surface area contributed by atoms with E-state index in [1.807, 2.05) is 4.90 Å². The number of piperidine rings is 1. The van der Waals surface area contributed by atoms with Crippen LogP contribution < -0.4 is 5.56 Å². The maximum Gasteiger partial charge on any atom is 0.281 e. The molecular weight excluding hydrogens is 463 g/mol. The number of hydrogen-bond acceptors (Lipinski definition) is 5. The molecule has 1 N–H and O–H groups in total. The van der Waals surface area contributed by atoms with E-state index in [4.69, 9.17) is 28.2 Å². The lowest BCUT2D eigenvalue weighted by Gasteiger charge is -2.35. The van der Waals surface area contributed by atoms with Gasteiger partial charge in [-0.15, -0.1) is 5.10 Å². The molecule has 2 fully saturated rings. The molecular formula is C23H26Cl2N6O2. The molecule has 0 bridgehead atoms. The number of benzene rings is 1. The highest BCUT2D eigenvalue weighted by Crippen LogP contribution is 2.30. The van der Waals surface area contributed by atoms with Gasteiger partial charge in [0.05, 0.1) is 6.54 Å². The molecule has 0 radical (unpaired) electrons. The molecule has 1 unspecified atom stereocenters. The number of rotatable bonds is 4. The average Bonchev–Trinajstić information content (AvgIpc) is 3.25. The number of nitrogens with one attached hydrogen (secondary N) is 1. The van der Waals surface area contributed by atoms with Gasteiger partial charge in [-0.2, -0.15) is 0 Å². The molecule has 8 nitrogen and oxygen atoms in total. The van der Waals surface area contributed by atoms with Crippen molar-refractivity contribution >= 4 is 40.3 Å². The number of amides is 1. The number of nitrogens with zero attached hydrogens (tertiary/aromatic N) is 5. The van der Waals surface area contributed by atoms with Gasteiger partial charge < -0.3 is 9.88 Å². The van der Waals surface area contributed by atoms with Crippen molar-refractivity contribution in [1.29, 1.82) is 0 Å². The van der Waals surface area contributed by atoms with Crippen LogP contribution in [-0.2, 0) is 11.3 Å². The third-order valence-electron chi connectivity index (χ3n) is 6.84. The lowest BCUT2D eigenvalue weighted by atomic mass is 9.87. The Morgan fingerprint density at radius 1 is 1.09 bits per heavy atom. The van der Waals surface area contributed by atoms with Gasteiger partial charge in [0.2, 0.25) is 5.91 Å². The first-order valence-corrected chi connectivity index (χ1v) is 12.3. The van der Waals surface area contributed by atoms with Crippen molar-refractivity contribution in [3.8, 4) is 0 Å². The third-order valence-corrected chi connectivity index (χ3v) is 7.54. The summed E-state index contributed by atoms with van der Waals surface area (Å²) in [5, 5.41) is 9.18. The summed E-state index contributed by atoms with van der Waals surface area (Å²) in [7, 11) is 0. The minimum atomic E-state index is -0.331. The number of aromatic amines is 1. The molecule has 1 aliphatic heterocycles. The average molecular weight is 489 g/mol. The smallest absolute Gasteiger partial charge is 0.281 e. The number of aromatic nitrogens is 5. The van der Waals surface area contributed by atoms with Crippen LogP contribution in [0.3, 0.4) is 0 Å². The highest BCUT2D eigenvalue weighted by molar-refractivity contribution is 6.36. The Balaban J connectivity index is 1.42. The van der Waals surface area contributed by atoms with Crippen LogP contribution >= 0.6 is 23.2 Å². The van der Waals surface area contributed by atoms with Gasteiger partial charge in [-0.05, 0) is 37.8 Å². The molecule has 1 aliphatic carbocycles. The zero-order valence-corrected chi connectivity index (χ0v) is 19.8. The molecule has 3 heterocycles. The first kappa shape index (κ1) is 22.3. The van der Waals surface area contributed by atoms with Gasteiger partial charge in [-0.25, -0.2) is 9.67 Å². The molecule has 1 aromatic carbocycles. The van der Waals surface area contributed by atoms with E-state index in [-0.39, 0.29) is 35.4 Å². The van der Waals surface area contributed by atoms with Crippen LogP contribution in [0.25, 0.3) is 11.2 Å². The van der Waals surface area contributed by atoms with Crippen LogP contribution in [0.5, 0.6) is 0 Å². The minimum Gasteiger partial charge on any atom is -0.342 e. The van der Waals surface area contributed by atoms with E-state index < -0.39 is 0 Å². The topological polar surface area (TPSA) is 96.8 Å². The first-order chi connectivity index (χ1) is 16.0. The summed E-state index contributed by atoms with van der Waals surface area (Å²) in [6.45, 7) is 1.59. The summed E-state index contributed by atoms with van der Waals surface area (Å²) >= 11 is 12.6. The lowest BCUT2D eigenvalue weighted by molar-refractivity contribution is -0.137. The predicted molar refractivity (Wildman–Crippen MR) is 127 cm³/mol. The summed E-state index contributed by atoms with van der Waals surface area (Å²) in [5.41, 5.74) is 0.925. The second-order valence-electron chi connectivity index (χ2n) is 9.03. The number of H-pyrrole nitrogens is 1. The molecule has 3 aromatic rings. The molecule has 2 aliphatic rings. The Kier molecular flexibility index (Phi) is 6.38. The van der Waals surface area contributed by atoms with E-state index in [1.165, 1.54) is 6.42 Å². The summed E-state index contributed by atoms with van der Waals surface area (Å²) in [5.74, 6) is 0.930. The van der Waals surface area contributed by atoms with E-state index in [9.17, 15) is 9.59 Å². The number of carbonyl (C=O) groups excluding carboxylic acids is 1. The first-order valence-electron chi connectivity index (χ1n) is 11.6. The van der Waals surface area contributed by atoms with Crippen LogP contribution in [0.1, 0.15) is 62.3 Å². The fourth-order valence-corrected chi connectivity index (χ4v) is 5.54. The van der Waals surface area contributed by atoms with E-state index in [1.54, 1.807) is 22.9 Å². The largest absolute Gasteiger partial charge is 0.342 e. The maximum atomic E-state index is 13.1. The van der Waals surface area contributed by atoms with E-state index in [2.05, 4.69) is 15.3 Å². The quantitative estimate of drug-likeness (QED) is 0.594. The number of halogens is 2. The highest BCUT2D eigenvalue weighted by Gasteiger charge is 2.31. The standard InChI is InChI=1S/C23H26Cl2N6O2/c24-17-9-4-10-18(25)16(17)13-31-21-19(28-29-31)22(32)27-20(26-21)15-8-5-11-30(12-15)23(33)14-6-2-1-3-7-14/h4,9-10,14-15H,1-3,5-8,11-13H2,(H,26,27,32). The molecule has 1 atom stereocenters. The molecule has 1 amide bonds. The van der Waals surface area contributed by atoms with Gasteiger partial charge >= 0.3 is 0 Å². The predicted octanol–water partition coefficient (Wildman–Crippen LogP) is 4.16. The van der Waals surface area contributed by atoms with Gasteiger partial charge in [0.1, 0.15) is 5.82 Å². The van der Waals surface area contributed by atoms with Crippen LogP contribution in [-0.4, -0.2) is 48.9 Å². The van der Waals surface area contributed by atoms with Crippen molar-refractivity contribution in [2.24, 2.45) is 5.92 Å². The van der Waals surface area contributed by atoms with E-state index in [0.717, 1.165) is 45.1 Å². The summed E-state index contributed by atoms with van der Waals surface area (Å²) in [6, 6.07) is 5.29. The molecule has 0 spiro atoms. The SMILES string of the molecule is O=C(C1CCCCC1)N1CCCC(c2nc3c(nnn3Cc3c(Cl)cccc3Cl)c(=O)[nH]2)C1. The molecule has 33 heavy (non-hydrogen) atoms. The normalized spacial score (nSPS) is 19.8. The molecule has 10 heteroatoms. The molecule has 1 saturated carbocycles. The van der Waals surface area contributed by atoms with Crippen molar-refractivity contribution in [3.05, 3.63) is 50.0 Å². The van der Waals surface area contributed by atoms with Crippen molar-refractivity contribution < 1.29 is 4.79 Å². The van der Waals surface area contributed by atoms with Gasteiger partial charge in [0, 0.05) is 40.5 Å². The lowest BCUT2D eigenvalue weighted by Crippen LogP contribution is -2.43. The van der Waals surface area contributed by atoms with Gasteiger partial charge in [-0.3, -0.25) is 9.59 Å². The van der Waals surface area contributed by atoms with Gasteiger partial charge in [0.15, 0.2) is 11.2 Å². The highest BCUT2D eigenvalue weighted by atomic mass is 35.5. The van der Waals surface area contributed by atoms with Crippen LogP contribution in [0.4, 0.5) is 0 Å². The number of carbonyl (C=O) groups is 1. The van der Waals surface area contributed by atoms with Crippen LogP contribution in [0.15, 0.2) is 23.0 Å². The Morgan fingerprint density at radius 2 is 1.85 bits per heavy atom. The second-order valence-corrected chi connectivity index (χ2v) is 9.84. The summed E-state index contributed by atoms with van der Waals surface area (Å²) in [6.07, 6.45) is 7.20. The van der Waals surface area contributed by atoms with Crippen molar-refractivity contribution in [2.45, 2.75) is 57.4 Å². The zero-order chi connectivity index (χ0) is 22.9. The Bertz CT molecular complexity index is 1210. The van der Waals surface area contributed by atoms with Crippen LogP contribution in [0, 0.1) is 5.92 Å². The van der Waals surface area contributed by atoms with Gasteiger partial charge in [0.25, 0.3) is 5.56 Å². The zero-order valence-electron chi connectivity index (χ0n) is 18.3. The Hall–Kier alpha value is -2.45. The molecule has 5 rings (SSSR count). The fourth-order valence-electron chi connectivity index (χ4n) is 5.02. The Labute approximate surface area is 201 Å². The number of likely N-dealkylation sites (tertiary alicyclic amines) is 1. The molecule has 1 saturated heterocycles. The second kappa shape index (κ2) is 9.43. The molecule has 174 valence electrons. The number of fused-ring (bicyclic) bond motifs is 1. The summed E-state index contributed by atoms with van der Waals surface area (Å²) < 4.78 is 1.55. The minimum absolute atomic E-state index is 0.0318. The Morgan fingerprint density at radius 3 is 2.61 bits per heavy atom. The van der Waals surface area contributed by atoms with E-state index >= 15 is 0 Å². The fraction of sp³-hybridized carbons (Fsp3) is 0.522.